The van der Waals surface area contributed by atoms with Crippen LogP contribution in [0.25, 0.3) is 6.08 Å². The molecule has 6 heteroatoms. The number of nitrogens with one attached hydrogen (secondary N) is 1. The minimum Gasteiger partial charge on any atom is -0.490 e. The van der Waals surface area contributed by atoms with E-state index in [1.165, 1.54) is 11.0 Å². The standard InChI is InChI=1S/C20H22N2O4/c1-2-12-26-16-10-8-14(9-11-16)13-17-18(23)21-20(25)22(19(17)24)15-6-4-3-5-7-15/h2,8-11,13,15H,1,3-7,12H2,(H,21,23,25). The first-order chi connectivity index (χ1) is 12.6. The molecule has 3 rings (SSSR count). The van der Waals surface area contributed by atoms with E-state index in [0.717, 1.165) is 32.1 Å². The third kappa shape index (κ3) is 3.85. The van der Waals surface area contributed by atoms with Gasteiger partial charge >= 0.3 is 6.03 Å². The van der Waals surface area contributed by atoms with E-state index >= 15 is 0 Å². The molecule has 1 aromatic carbocycles. The van der Waals surface area contributed by atoms with Crippen LogP contribution < -0.4 is 10.1 Å². The van der Waals surface area contributed by atoms with Gasteiger partial charge < -0.3 is 4.74 Å². The number of imide groups is 2. The molecule has 0 unspecified atom stereocenters. The second-order valence-corrected chi connectivity index (χ2v) is 6.45. The summed E-state index contributed by atoms with van der Waals surface area (Å²) in [6, 6.07) is 6.27. The maximum atomic E-state index is 12.8. The zero-order chi connectivity index (χ0) is 18.5. The topological polar surface area (TPSA) is 75.7 Å². The van der Waals surface area contributed by atoms with E-state index in [4.69, 9.17) is 4.74 Å². The number of ether oxygens (including phenoxy) is 1. The summed E-state index contributed by atoms with van der Waals surface area (Å²) < 4.78 is 5.41. The van der Waals surface area contributed by atoms with Gasteiger partial charge in [-0.05, 0) is 36.6 Å². The summed E-state index contributed by atoms with van der Waals surface area (Å²) in [5, 5.41) is 2.29. The molecular weight excluding hydrogens is 332 g/mol. The summed E-state index contributed by atoms with van der Waals surface area (Å²) in [4.78, 5) is 38.4. The molecule has 1 aromatic rings. The predicted octanol–water partition coefficient (Wildman–Crippen LogP) is 3.05. The molecule has 136 valence electrons. The van der Waals surface area contributed by atoms with E-state index in [2.05, 4.69) is 11.9 Å². The minimum atomic E-state index is -0.654. The first kappa shape index (κ1) is 17.9. The van der Waals surface area contributed by atoms with Crippen LogP contribution in [0, 0.1) is 0 Å². The Hall–Kier alpha value is -2.89. The van der Waals surface area contributed by atoms with Crippen LogP contribution in [0.15, 0.2) is 42.5 Å². The van der Waals surface area contributed by atoms with E-state index in [-0.39, 0.29) is 11.6 Å². The summed E-state index contributed by atoms with van der Waals surface area (Å²) in [5.41, 5.74) is 0.669. The van der Waals surface area contributed by atoms with Crippen molar-refractivity contribution in [3.63, 3.8) is 0 Å². The Kier molecular flexibility index (Phi) is 5.51. The van der Waals surface area contributed by atoms with Crippen LogP contribution in [-0.4, -0.2) is 35.4 Å². The van der Waals surface area contributed by atoms with E-state index in [1.54, 1.807) is 30.3 Å². The second-order valence-electron chi connectivity index (χ2n) is 6.45. The largest absolute Gasteiger partial charge is 0.490 e. The summed E-state index contributed by atoms with van der Waals surface area (Å²) >= 11 is 0. The molecule has 4 amide bonds. The Morgan fingerprint density at radius 3 is 2.46 bits per heavy atom. The Balaban J connectivity index is 1.81. The van der Waals surface area contributed by atoms with Gasteiger partial charge in [0.05, 0.1) is 0 Å². The van der Waals surface area contributed by atoms with Gasteiger partial charge in [-0.1, -0.05) is 44.1 Å². The number of amides is 4. The SMILES string of the molecule is C=CCOc1ccc(C=C2C(=O)NC(=O)N(C3CCCCC3)C2=O)cc1. The fourth-order valence-electron chi connectivity index (χ4n) is 3.32. The van der Waals surface area contributed by atoms with Crippen molar-refractivity contribution in [3.8, 4) is 5.75 Å². The van der Waals surface area contributed by atoms with Crippen molar-refractivity contribution >= 4 is 23.9 Å². The van der Waals surface area contributed by atoms with Gasteiger partial charge in [-0.25, -0.2) is 4.79 Å². The number of rotatable bonds is 5. The molecule has 2 fully saturated rings. The summed E-state index contributed by atoms with van der Waals surface area (Å²) in [6.07, 6.45) is 7.82. The van der Waals surface area contributed by atoms with Crippen LogP contribution in [-0.2, 0) is 9.59 Å². The van der Waals surface area contributed by atoms with Crippen LogP contribution in [0.2, 0.25) is 0 Å². The van der Waals surface area contributed by atoms with Crippen molar-refractivity contribution in [2.24, 2.45) is 0 Å². The van der Waals surface area contributed by atoms with Gasteiger partial charge in [-0.3, -0.25) is 19.8 Å². The van der Waals surface area contributed by atoms with Crippen molar-refractivity contribution in [2.45, 2.75) is 38.1 Å². The lowest BCUT2D eigenvalue weighted by molar-refractivity contribution is -0.132. The molecule has 1 saturated heterocycles. The highest BCUT2D eigenvalue weighted by Gasteiger charge is 2.40. The van der Waals surface area contributed by atoms with Crippen molar-refractivity contribution in [3.05, 3.63) is 48.1 Å². The molecule has 0 radical (unpaired) electrons. The number of carbonyl (C=O) groups excluding carboxylic acids is 3. The average Bonchev–Trinajstić information content (AvgIpc) is 2.65. The smallest absolute Gasteiger partial charge is 0.331 e. The Labute approximate surface area is 152 Å². The first-order valence-electron chi connectivity index (χ1n) is 8.84. The van der Waals surface area contributed by atoms with Gasteiger partial charge in [0.2, 0.25) is 0 Å². The van der Waals surface area contributed by atoms with Gasteiger partial charge in [0, 0.05) is 6.04 Å². The zero-order valence-electron chi connectivity index (χ0n) is 14.6. The lowest BCUT2D eigenvalue weighted by Gasteiger charge is -2.35. The van der Waals surface area contributed by atoms with Crippen LogP contribution >= 0.6 is 0 Å². The number of barbiturate groups is 1. The van der Waals surface area contributed by atoms with Crippen LogP contribution in [0.4, 0.5) is 4.79 Å². The highest BCUT2D eigenvalue weighted by molar-refractivity contribution is 6.31. The molecule has 1 aliphatic heterocycles. The van der Waals surface area contributed by atoms with Crippen molar-refractivity contribution < 1.29 is 19.1 Å². The molecule has 0 atom stereocenters. The molecule has 26 heavy (non-hydrogen) atoms. The highest BCUT2D eigenvalue weighted by Crippen LogP contribution is 2.26. The monoisotopic (exact) mass is 354 g/mol. The summed E-state index contributed by atoms with van der Waals surface area (Å²) in [5.74, 6) is -0.498. The van der Waals surface area contributed by atoms with E-state index in [0.29, 0.717) is 17.9 Å². The van der Waals surface area contributed by atoms with Gasteiger partial charge in [0.1, 0.15) is 17.9 Å². The third-order valence-corrected chi connectivity index (χ3v) is 4.63. The Bertz CT molecular complexity index is 746. The Morgan fingerprint density at radius 2 is 1.81 bits per heavy atom. The van der Waals surface area contributed by atoms with E-state index in [9.17, 15) is 14.4 Å². The molecule has 1 heterocycles. The van der Waals surface area contributed by atoms with Gasteiger partial charge in [0.25, 0.3) is 11.8 Å². The highest BCUT2D eigenvalue weighted by atomic mass is 16.5. The quantitative estimate of drug-likeness (QED) is 0.501. The van der Waals surface area contributed by atoms with E-state index in [1.807, 2.05) is 0 Å². The third-order valence-electron chi connectivity index (χ3n) is 4.63. The molecule has 0 spiro atoms. The van der Waals surface area contributed by atoms with Gasteiger partial charge in [0.15, 0.2) is 0 Å². The zero-order valence-corrected chi connectivity index (χ0v) is 14.6. The van der Waals surface area contributed by atoms with Crippen molar-refractivity contribution in [1.82, 2.24) is 10.2 Å². The summed E-state index contributed by atoms with van der Waals surface area (Å²) in [6.45, 7) is 3.99. The maximum Gasteiger partial charge on any atom is 0.331 e. The fourth-order valence-corrected chi connectivity index (χ4v) is 3.32. The molecule has 6 nitrogen and oxygen atoms in total. The average molecular weight is 354 g/mol. The van der Waals surface area contributed by atoms with Crippen LogP contribution in [0.1, 0.15) is 37.7 Å². The molecule has 1 N–H and O–H groups in total. The normalized spacial score (nSPS) is 20.2. The number of hydrogen-bond donors (Lipinski definition) is 1. The number of nitrogens with zero attached hydrogens (tertiary/aromatic N) is 1. The lowest BCUT2D eigenvalue weighted by atomic mass is 9.93. The minimum absolute atomic E-state index is 0.0186. The molecule has 2 aliphatic rings. The Morgan fingerprint density at radius 1 is 1.12 bits per heavy atom. The maximum absolute atomic E-state index is 12.8. The van der Waals surface area contributed by atoms with Gasteiger partial charge in [-0.15, -0.1) is 0 Å². The number of carbonyl (C=O) groups is 3. The molecule has 1 aliphatic carbocycles. The molecular formula is C20H22N2O4. The lowest BCUT2D eigenvalue weighted by Crippen LogP contribution is -2.58. The van der Waals surface area contributed by atoms with Crippen LogP contribution in [0.3, 0.4) is 0 Å². The second kappa shape index (κ2) is 7.99. The van der Waals surface area contributed by atoms with E-state index < -0.39 is 17.8 Å². The van der Waals surface area contributed by atoms with Gasteiger partial charge in [-0.2, -0.15) is 0 Å². The predicted molar refractivity (Wildman–Crippen MR) is 97.4 cm³/mol. The number of benzene rings is 1. The number of urea groups is 1. The molecule has 0 bridgehead atoms. The fraction of sp³-hybridized carbons (Fsp3) is 0.350. The first-order valence-corrected chi connectivity index (χ1v) is 8.84. The van der Waals surface area contributed by atoms with Crippen LogP contribution in [0.5, 0.6) is 5.75 Å². The van der Waals surface area contributed by atoms with Crippen molar-refractivity contribution in [1.29, 1.82) is 0 Å². The molecule has 0 aromatic heterocycles. The molecule has 1 saturated carbocycles. The number of hydrogen-bond acceptors (Lipinski definition) is 4. The van der Waals surface area contributed by atoms with Crippen molar-refractivity contribution in [2.75, 3.05) is 6.61 Å². The summed E-state index contributed by atoms with van der Waals surface area (Å²) in [7, 11) is 0.